The summed E-state index contributed by atoms with van der Waals surface area (Å²) in [5.41, 5.74) is 0.702. The Morgan fingerprint density at radius 1 is 1.00 bits per heavy atom. The molecule has 1 aromatic carbocycles. The second-order valence-electron chi connectivity index (χ2n) is 11.2. The van der Waals surface area contributed by atoms with Gasteiger partial charge in [-0.25, -0.2) is 0 Å². The van der Waals surface area contributed by atoms with E-state index in [-0.39, 0.29) is 23.1 Å². The second-order valence-corrected chi connectivity index (χ2v) is 11.2. The zero-order chi connectivity index (χ0) is 25.2. The molecular weight excluding hydrogens is 453 g/mol. The molecule has 4 nitrogen and oxygen atoms in total. The summed E-state index contributed by atoms with van der Waals surface area (Å²) in [7, 11) is 0. The lowest BCUT2D eigenvalue weighted by molar-refractivity contribution is -0.154. The molecule has 1 saturated carbocycles. The number of carbonyl (C=O) groups is 1. The Balaban J connectivity index is 1.59. The molecule has 0 spiro atoms. The summed E-state index contributed by atoms with van der Waals surface area (Å²) in [5, 5.41) is 0. The third-order valence-corrected chi connectivity index (χ3v) is 7.58. The Kier molecular flexibility index (Phi) is 7.65. The van der Waals surface area contributed by atoms with Gasteiger partial charge in [0, 0.05) is 32.1 Å². The van der Waals surface area contributed by atoms with Crippen LogP contribution in [0.4, 0.5) is 13.2 Å². The molecule has 2 fully saturated rings. The van der Waals surface area contributed by atoms with Crippen LogP contribution in [0.25, 0.3) is 0 Å². The zero-order valence-electron chi connectivity index (χ0n) is 21.0. The highest BCUT2D eigenvalue weighted by atomic mass is 19.4. The van der Waals surface area contributed by atoms with Crippen molar-refractivity contribution in [2.75, 3.05) is 19.6 Å². The van der Waals surface area contributed by atoms with E-state index >= 15 is 0 Å². The smallest absolute Gasteiger partial charge is 0.449 e. The van der Waals surface area contributed by atoms with Gasteiger partial charge < -0.3 is 9.32 Å². The number of rotatable bonds is 5. The van der Waals surface area contributed by atoms with Gasteiger partial charge in [0.1, 0.15) is 5.76 Å². The first kappa shape index (κ1) is 25.8. The van der Waals surface area contributed by atoms with Crippen molar-refractivity contribution in [3.05, 3.63) is 59.5 Å². The normalized spacial score (nSPS) is 21.8. The molecule has 2 aromatic rings. The molecule has 2 atom stereocenters. The third-order valence-electron chi connectivity index (χ3n) is 7.58. The fourth-order valence-corrected chi connectivity index (χ4v) is 5.68. The topological polar surface area (TPSA) is 36.7 Å². The van der Waals surface area contributed by atoms with E-state index in [1.807, 2.05) is 35.2 Å². The molecule has 0 radical (unpaired) electrons. The van der Waals surface area contributed by atoms with Crippen LogP contribution in [0, 0.1) is 11.3 Å². The molecular formula is C28H37F3N2O2. The van der Waals surface area contributed by atoms with Gasteiger partial charge in [-0.3, -0.25) is 9.69 Å². The highest BCUT2D eigenvalue weighted by Crippen LogP contribution is 2.39. The lowest BCUT2D eigenvalue weighted by atomic mass is 9.82. The Bertz CT molecular complexity index is 974. The Labute approximate surface area is 206 Å². The summed E-state index contributed by atoms with van der Waals surface area (Å²) in [6, 6.07) is 11.5. The van der Waals surface area contributed by atoms with Crippen LogP contribution in [-0.2, 0) is 11.0 Å². The summed E-state index contributed by atoms with van der Waals surface area (Å²) < 4.78 is 45.3. The van der Waals surface area contributed by atoms with Gasteiger partial charge in [0.15, 0.2) is 0 Å². The predicted octanol–water partition coefficient (Wildman–Crippen LogP) is 6.92. The maximum Gasteiger partial charge on any atom is 0.449 e. The van der Waals surface area contributed by atoms with Crippen molar-refractivity contribution in [3.63, 3.8) is 0 Å². The van der Waals surface area contributed by atoms with E-state index < -0.39 is 18.0 Å². The largest absolute Gasteiger partial charge is 0.454 e. The molecule has 2 heterocycles. The SMILES string of the molecule is CC(C)(C)[C@H]1CN(C(c2ccccc2)c2ccc(C(F)(F)F)o2)CCN1C(=O)CC1CCCCC1. The zero-order valence-corrected chi connectivity index (χ0v) is 21.0. The molecule has 1 aliphatic heterocycles. The van der Waals surface area contributed by atoms with Crippen LogP contribution in [0.15, 0.2) is 46.9 Å². The Morgan fingerprint density at radius 3 is 2.29 bits per heavy atom. The van der Waals surface area contributed by atoms with E-state index in [1.54, 1.807) is 0 Å². The second kappa shape index (κ2) is 10.4. The quantitative estimate of drug-likeness (QED) is 0.457. The van der Waals surface area contributed by atoms with Crippen LogP contribution < -0.4 is 0 Å². The molecule has 1 amide bonds. The van der Waals surface area contributed by atoms with E-state index in [4.69, 9.17) is 4.42 Å². The number of piperazine rings is 1. The number of furan rings is 1. The minimum atomic E-state index is -4.53. The number of alkyl halides is 3. The lowest BCUT2D eigenvalue weighted by Gasteiger charge is -2.49. The molecule has 1 aliphatic carbocycles. The molecule has 1 unspecified atom stereocenters. The van der Waals surface area contributed by atoms with E-state index in [0.717, 1.165) is 24.5 Å². The minimum absolute atomic E-state index is 0.0457. The monoisotopic (exact) mass is 490 g/mol. The predicted molar refractivity (Wildman–Crippen MR) is 130 cm³/mol. The van der Waals surface area contributed by atoms with Crippen molar-refractivity contribution < 1.29 is 22.4 Å². The molecule has 0 N–H and O–H groups in total. The van der Waals surface area contributed by atoms with Gasteiger partial charge in [-0.2, -0.15) is 13.2 Å². The standard InChI is InChI=1S/C28H37F3N2O2/c1-27(2,3)23-19-32(16-17-33(23)25(34)18-20-10-6-4-7-11-20)26(21-12-8-5-9-13-21)22-14-15-24(35-22)28(29,30)31/h5,8-9,12-15,20,23,26H,4,6-7,10-11,16-19H2,1-3H3/t23-,26?/m1/s1. The van der Waals surface area contributed by atoms with E-state index in [9.17, 15) is 18.0 Å². The number of halogens is 3. The number of carbonyl (C=O) groups excluding carboxylic acids is 1. The molecule has 2 aliphatic rings. The maximum absolute atomic E-state index is 13.4. The van der Waals surface area contributed by atoms with Crippen LogP contribution in [-0.4, -0.2) is 41.4 Å². The van der Waals surface area contributed by atoms with E-state index in [2.05, 4.69) is 25.7 Å². The molecule has 1 aromatic heterocycles. The van der Waals surface area contributed by atoms with Crippen LogP contribution >= 0.6 is 0 Å². The average Bonchev–Trinajstić information content (AvgIpc) is 3.30. The molecule has 0 bridgehead atoms. The fraction of sp³-hybridized carbons (Fsp3) is 0.607. The molecule has 1 saturated heterocycles. The summed E-state index contributed by atoms with van der Waals surface area (Å²) in [6.07, 6.45) is 1.99. The van der Waals surface area contributed by atoms with Crippen LogP contribution in [0.1, 0.15) is 82.4 Å². The van der Waals surface area contributed by atoms with Gasteiger partial charge in [-0.05, 0) is 41.9 Å². The lowest BCUT2D eigenvalue weighted by Crippen LogP contribution is -2.60. The first-order chi connectivity index (χ1) is 16.5. The van der Waals surface area contributed by atoms with Crippen molar-refractivity contribution in [2.45, 2.75) is 77.6 Å². The van der Waals surface area contributed by atoms with Crippen molar-refractivity contribution in [1.82, 2.24) is 9.80 Å². The molecule has 192 valence electrons. The van der Waals surface area contributed by atoms with E-state index in [1.165, 1.54) is 25.3 Å². The van der Waals surface area contributed by atoms with Crippen molar-refractivity contribution in [1.29, 1.82) is 0 Å². The van der Waals surface area contributed by atoms with Crippen molar-refractivity contribution in [3.8, 4) is 0 Å². The number of benzene rings is 1. The van der Waals surface area contributed by atoms with Crippen molar-refractivity contribution in [2.24, 2.45) is 11.3 Å². The highest BCUT2D eigenvalue weighted by Gasteiger charge is 2.42. The first-order valence-corrected chi connectivity index (χ1v) is 12.8. The summed E-state index contributed by atoms with van der Waals surface area (Å²) in [6.45, 7) is 8.10. The Hall–Kier alpha value is -2.28. The number of hydrogen-bond donors (Lipinski definition) is 0. The Morgan fingerprint density at radius 2 is 1.69 bits per heavy atom. The fourth-order valence-electron chi connectivity index (χ4n) is 5.68. The number of nitrogens with zero attached hydrogens (tertiary/aromatic N) is 2. The third kappa shape index (κ3) is 6.11. The first-order valence-electron chi connectivity index (χ1n) is 12.8. The molecule has 35 heavy (non-hydrogen) atoms. The minimum Gasteiger partial charge on any atom is -0.454 e. The molecule has 7 heteroatoms. The highest BCUT2D eigenvalue weighted by molar-refractivity contribution is 5.77. The van der Waals surface area contributed by atoms with Gasteiger partial charge in [0.25, 0.3) is 0 Å². The average molecular weight is 491 g/mol. The van der Waals surface area contributed by atoms with Crippen LogP contribution in [0.3, 0.4) is 0 Å². The van der Waals surface area contributed by atoms with Crippen LogP contribution in [0.2, 0.25) is 0 Å². The van der Waals surface area contributed by atoms with E-state index in [0.29, 0.717) is 32.0 Å². The van der Waals surface area contributed by atoms with Crippen LogP contribution in [0.5, 0.6) is 0 Å². The van der Waals surface area contributed by atoms with Gasteiger partial charge in [-0.1, -0.05) is 70.4 Å². The summed E-state index contributed by atoms with van der Waals surface area (Å²) in [5.74, 6) is -0.0266. The van der Waals surface area contributed by atoms with Gasteiger partial charge in [-0.15, -0.1) is 0 Å². The molecule has 4 rings (SSSR count). The van der Waals surface area contributed by atoms with Gasteiger partial charge >= 0.3 is 6.18 Å². The van der Waals surface area contributed by atoms with Gasteiger partial charge in [0.05, 0.1) is 6.04 Å². The number of hydrogen-bond acceptors (Lipinski definition) is 3. The maximum atomic E-state index is 13.4. The summed E-state index contributed by atoms with van der Waals surface area (Å²) in [4.78, 5) is 17.6. The number of amides is 1. The van der Waals surface area contributed by atoms with Gasteiger partial charge in [0.2, 0.25) is 11.7 Å². The summed E-state index contributed by atoms with van der Waals surface area (Å²) >= 11 is 0. The van der Waals surface area contributed by atoms with Crippen molar-refractivity contribution >= 4 is 5.91 Å².